The van der Waals surface area contributed by atoms with Gasteiger partial charge in [0.25, 0.3) is 5.91 Å². The minimum absolute atomic E-state index is 0.110. The van der Waals surface area contributed by atoms with Gasteiger partial charge in [0.05, 0.1) is 0 Å². The third kappa shape index (κ3) is 5.15. The Kier molecular flexibility index (Phi) is 7.03. The summed E-state index contributed by atoms with van der Waals surface area (Å²) in [5, 5.41) is 3.43. The van der Waals surface area contributed by atoms with Gasteiger partial charge in [-0.1, -0.05) is 25.4 Å². The van der Waals surface area contributed by atoms with Gasteiger partial charge in [0, 0.05) is 28.7 Å². The molecule has 7 heteroatoms. The maximum Gasteiger partial charge on any atom is 0.262 e. The van der Waals surface area contributed by atoms with E-state index in [0.29, 0.717) is 33.4 Å². The highest BCUT2D eigenvalue weighted by Gasteiger charge is 2.11. The first-order chi connectivity index (χ1) is 14.6. The monoisotopic (exact) mass is 423 g/mol. The van der Waals surface area contributed by atoms with Gasteiger partial charge in [0.2, 0.25) is 5.89 Å². The van der Waals surface area contributed by atoms with E-state index < -0.39 is 0 Å². The molecule has 0 aliphatic heterocycles. The van der Waals surface area contributed by atoms with Crippen LogP contribution in [0.2, 0.25) is 5.02 Å². The van der Waals surface area contributed by atoms with Crippen molar-refractivity contribution in [3.8, 4) is 17.2 Å². The van der Waals surface area contributed by atoms with Gasteiger partial charge in [0.1, 0.15) is 11.3 Å². The number of pyridine rings is 1. The molecule has 0 aliphatic carbocycles. The molecule has 0 saturated carbocycles. The molecule has 4 rings (SSSR count). The number of fused-ring (bicyclic) bond motifs is 1. The second-order valence-corrected chi connectivity index (χ2v) is 6.62. The fraction of sp³-hybridized carbons (Fsp3) is 0.174. The number of rotatable bonds is 5. The third-order valence-electron chi connectivity index (χ3n) is 4.09. The Morgan fingerprint density at radius 3 is 2.60 bits per heavy atom. The van der Waals surface area contributed by atoms with Crippen molar-refractivity contribution in [2.75, 3.05) is 11.9 Å². The minimum atomic E-state index is -0.272. The van der Waals surface area contributed by atoms with Gasteiger partial charge in [-0.2, -0.15) is 0 Å². The molecule has 0 bridgehead atoms. The number of anilines is 1. The summed E-state index contributed by atoms with van der Waals surface area (Å²) in [4.78, 5) is 20.7. The van der Waals surface area contributed by atoms with Crippen LogP contribution in [-0.2, 0) is 4.79 Å². The number of ether oxygens (including phenoxy) is 1. The van der Waals surface area contributed by atoms with Crippen LogP contribution in [0, 0.1) is 6.92 Å². The van der Waals surface area contributed by atoms with Gasteiger partial charge in [0.15, 0.2) is 12.2 Å². The lowest BCUT2D eigenvalue weighted by atomic mass is 10.2. The molecule has 30 heavy (non-hydrogen) atoms. The van der Waals surface area contributed by atoms with Crippen molar-refractivity contribution in [2.45, 2.75) is 20.8 Å². The fourth-order valence-corrected chi connectivity index (χ4v) is 2.96. The quantitative estimate of drug-likeness (QED) is 0.432. The Balaban J connectivity index is 0.00000124. The predicted molar refractivity (Wildman–Crippen MR) is 119 cm³/mol. The molecule has 1 N–H and O–H groups in total. The fourth-order valence-electron chi connectivity index (χ4n) is 2.74. The molecule has 6 nitrogen and oxygen atoms in total. The maximum absolute atomic E-state index is 12.2. The van der Waals surface area contributed by atoms with Gasteiger partial charge >= 0.3 is 0 Å². The largest absolute Gasteiger partial charge is 0.483 e. The average Bonchev–Trinajstić information content (AvgIpc) is 3.19. The number of aromatic nitrogens is 2. The SMILES string of the molecule is CC.Cc1cc(Cl)ccc1OCC(=O)Nc1ccc2oc(-c3ccncc3)nc2c1. The first-order valence-corrected chi connectivity index (χ1v) is 9.96. The topological polar surface area (TPSA) is 77.2 Å². The van der Waals surface area contributed by atoms with Gasteiger partial charge in [-0.15, -0.1) is 0 Å². The molecule has 0 fully saturated rings. The van der Waals surface area contributed by atoms with Crippen LogP contribution < -0.4 is 10.1 Å². The zero-order chi connectivity index (χ0) is 21.5. The zero-order valence-electron chi connectivity index (χ0n) is 17.0. The van der Waals surface area contributed by atoms with E-state index in [2.05, 4.69) is 15.3 Å². The Morgan fingerprint density at radius 1 is 1.10 bits per heavy atom. The summed E-state index contributed by atoms with van der Waals surface area (Å²) in [5.74, 6) is 0.850. The first-order valence-electron chi connectivity index (χ1n) is 9.58. The van der Waals surface area contributed by atoms with Crippen LogP contribution in [0.15, 0.2) is 65.3 Å². The molecular formula is C23H22ClN3O3. The highest BCUT2D eigenvalue weighted by Crippen LogP contribution is 2.26. The average molecular weight is 424 g/mol. The molecule has 2 aromatic carbocycles. The van der Waals surface area contributed by atoms with Crippen molar-refractivity contribution in [3.05, 3.63) is 71.5 Å². The molecule has 0 atom stereocenters. The van der Waals surface area contributed by atoms with E-state index in [1.54, 1.807) is 48.8 Å². The second-order valence-electron chi connectivity index (χ2n) is 6.18. The van der Waals surface area contributed by atoms with Crippen LogP contribution in [0.25, 0.3) is 22.6 Å². The number of nitrogens with one attached hydrogen (secondary N) is 1. The van der Waals surface area contributed by atoms with E-state index in [9.17, 15) is 4.79 Å². The van der Waals surface area contributed by atoms with E-state index in [1.807, 2.05) is 32.9 Å². The van der Waals surface area contributed by atoms with Crippen LogP contribution in [-0.4, -0.2) is 22.5 Å². The lowest BCUT2D eigenvalue weighted by Gasteiger charge is -2.09. The number of hydrogen-bond donors (Lipinski definition) is 1. The highest BCUT2D eigenvalue weighted by molar-refractivity contribution is 6.30. The molecule has 154 valence electrons. The van der Waals surface area contributed by atoms with Crippen LogP contribution in [0.3, 0.4) is 0 Å². The summed E-state index contributed by atoms with van der Waals surface area (Å²) < 4.78 is 11.3. The molecule has 0 radical (unpaired) electrons. The van der Waals surface area contributed by atoms with Crippen LogP contribution >= 0.6 is 11.6 Å². The lowest BCUT2D eigenvalue weighted by molar-refractivity contribution is -0.118. The number of halogens is 1. The van der Waals surface area contributed by atoms with E-state index in [-0.39, 0.29) is 12.5 Å². The summed E-state index contributed by atoms with van der Waals surface area (Å²) in [6.07, 6.45) is 3.36. The number of carbonyl (C=O) groups excluding carboxylic acids is 1. The van der Waals surface area contributed by atoms with E-state index in [1.165, 1.54) is 0 Å². The molecule has 2 heterocycles. The number of aryl methyl sites for hydroxylation is 1. The Morgan fingerprint density at radius 2 is 1.87 bits per heavy atom. The van der Waals surface area contributed by atoms with Crippen molar-refractivity contribution in [1.82, 2.24) is 9.97 Å². The van der Waals surface area contributed by atoms with Gasteiger partial charge in [-0.05, 0) is 61.0 Å². The molecule has 1 amide bonds. The number of amides is 1. The summed E-state index contributed by atoms with van der Waals surface area (Å²) in [6.45, 7) is 5.76. The molecule has 0 spiro atoms. The standard InChI is InChI=1S/C21H16ClN3O3.C2H6/c1-13-10-15(22)2-4-18(13)27-12-20(26)24-16-3-5-19-17(11-16)25-21(28-19)14-6-8-23-9-7-14;1-2/h2-11H,12H2,1H3,(H,24,26);1-2H3. The number of benzene rings is 2. The van der Waals surface area contributed by atoms with Crippen molar-refractivity contribution in [1.29, 1.82) is 0 Å². The van der Waals surface area contributed by atoms with Crippen molar-refractivity contribution < 1.29 is 13.9 Å². The number of oxazole rings is 1. The summed E-state index contributed by atoms with van der Waals surface area (Å²) >= 11 is 5.92. The highest BCUT2D eigenvalue weighted by atomic mass is 35.5. The normalized spacial score (nSPS) is 10.3. The number of nitrogens with zero attached hydrogens (tertiary/aromatic N) is 2. The Hall–Kier alpha value is -3.38. The van der Waals surface area contributed by atoms with Crippen molar-refractivity contribution in [3.63, 3.8) is 0 Å². The molecule has 0 unspecified atom stereocenters. The van der Waals surface area contributed by atoms with E-state index in [0.717, 1.165) is 11.1 Å². The van der Waals surface area contributed by atoms with E-state index >= 15 is 0 Å². The number of carbonyl (C=O) groups is 1. The van der Waals surface area contributed by atoms with Gasteiger partial charge in [-0.25, -0.2) is 4.98 Å². The molecular weight excluding hydrogens is 402 g/mol. The Bertz CT molecular complexity index is 1140. The molecule has 2 aromatic heterocycles. The zero-order valence-corrected chi connectivity index (χ0v) is 17.7. The van der Waals surface area contributed by atoms with Gasteiger partial charge < -0.3 is 14.5 Å². The van der Waals surface area contributed by atoms with Gasteiger partial charge in [-0.3, -0.25) is 9.78 Å². The third-order valence-corrected chi connectivity index (χ3v) is 4.33. The predicted octanol–water partition coefficient (Wildman–Crippen LogP) is 5.90. The van der Waals surface area contributed by atoms with E-state index in [4.69, 9.17) is 20.8 Å². The molecule has 0 saturated heterocycles. The minimum Gasteiger partial charge on any atom is -0.483 e. The first kappa shape index (κ1) is 21.3. The van der Waals surface area contributed by atoms with Crippen LogP contribution in [0.4, 0.5) is 5.69 Å². The summed E-state index contributed by atoms with van der Waals surface area (Å²) in [7, 11) is 0. The summed E-state index contributed by atoms with van der Waals surface area (Å²) in [6, 6.07) is 14.2. The lowest BCUT2D eigenvalue weighted by Crippen LogP contribution is -2.20. The molecule has 0 aliphatic rings. The summed E-state index contributed by atoms with van der Waals surface area (Å²) in [5.41, 5.74) is 3.61. The smallest absolute Gasteiger partial charge is 0.262 e. The van der Waals surface area contributed by atoms with Crippen LogP contribution in [0.5, 0.6) is 5.75 Å². The number of hydrogen-bond acceptors (Lipinski definition) is 5. The maximum atomic E-state index is 12.2. The Labute approximate surface area is 179 Å². The second kappa shape index (κ2) is 9.89. The van der Waals surface area contributed by atoms with Crippen molar-refractivity contribution >= 4 is 34.3 Å². The van der Waals surface area contributed by atoms with Crippen molar-refractivity contribution in [2.24, 2.45) is 0 Å². The van der Waals surface area contributed by atoms with Crippen LogP contribution in [0.1, 0.15) is 19.4 Å². The molecule has 4 aromatic rings.